The van der Waals surface area contributed by atoms with Gasteiger partial charge in [0.05, 0.1) is 22.5 Å². The van der Waals surface area contributed by atoms with E-state index in [4.69, 9.17) is 14.8 Å². The lowest BCUT2D eigenvalue weighted by atomic mass is 9.86. The Bertz CT molecular complexity index is 1210. The summed E-state index contributed by atoms with van der Waals surface area (Å²) in [7, 11) is 0. The fraction of sp³-hybridized carbons (Fsp3) is 0.238. The zero-order valence-corrected chi connectivity index (χ0v) is 16.9. The molecule has 0 spiro atoms. The minimum Gasteiger partial charge on any atom is -0.494 e. The summed E-state index contributed by atoms with van der Waals surface area (Å²) in [6, 6.07) is 9.76. The van der Waals surface area contributed by atoms with Gasteiger partial charge in [0.15, 0.2) is 0 Å². The van der Waals surface area contributed by atoms with Crippen LogP contribution in [0.4, 0.5) is 5.82 Å². The first kappa shape index (κ1) is 17.8. The Kier molecular flexibility index (Phi) is 4.28. The van der Waals surface area contributed by atoms with Gasteiger partial charge in [-0.05, 0) is 49.7 Å². The Morgan fingerprint density at radius 2 is 2.10 bits per heavy atom. The Morgan fingerprint density at radius 1 is 1.28 bits per heavy atom. The number of nitrogens with one attached hydrogen (secondary N) is 1. The molecule has 1 aliphatic heterocycles. The van der Waals surface area contributed by atoms with E-state index in [1.807, 2.05) is 44.2 Å². The van der Waals surface area contributed by atoms with Crippen molar-refractivity contribution in [2.75, 3.05) is 11.9 Å². The van der Waals surface area contributed by atoms with Crippen molar-refractivity contribution >= 4 is 33.3 Å². The number of fused-ring (bicyclic) bond motifs is 2. The van der Waals surface area contributed by atoms with Crippen LogP contribution in [-0.4, -0.2) is 32.3 Å². The van der Waals surface area contributed by atoms with Crippen molar-refractivity contribution in [1.82, 2.24) is 19.7 Å². The van der Waals surface area contributed by atoms with Crippen LogP contribution in [0.5, 0.6) is 5.75 Å². The standard InChI is InChI=1S/C21H19N5O2S/c1-3-28-14-4-5-16-17(10-14)29-21(23-16)26-20-19(12(2)25-26)15(11-18(27)24-20)13-6-8-22-9-7-13/h4-10,15H,3,11H2,1-2H3,(H,24,27)/t15-/m0/s1. The van der Waals surface area contributed by atoms with Gasteiger partial charge in [0, 0.05) is 30.3 Å². The number of carbonyl (C=O) groups is 1. The molecule has 1 amide bonds. The molecule has 1 N–H and O–H groups in total. The number of pyridine rings is 1. The molecule has 0 bridgehead atoms. The van der Waals surface area contributed by atoms with Gasteiger partial charge in [-0.25, -0.2) is 4.98 Å². The number of benzene rings is 1. The maximum atomic E-state index is 12.5. The smallest absolute Gasteiger partial charge is 0.226 e. The van der Waals surface area contributed by atoms with E-state index >= 15 is 0 Å². The number of nitrogens with zero attached hydrogens (tertiary/aromatic N) is 4. The topological polar surface area (TPSA) is 81.9 Å². The van der Waals surface area contributed by atoms with E-state index in [-0.39, 0.29) is 11.8 Å². The Morgan fingerprint density at radius 3 is 2.90 bits per heavy atom. The van der Waals surface area contributed by atoms with Gasteiger partial charge in [-0.15, -0.1) is 0 Å². The lowest BCUT2D eigenvalue weighted by molar-refractivity contribution is -0.116. The molecule has 29 heavy (non-hydrogen) atoms. The van der Waals surface area contributed by atoms with Crippen LogP contribution in [0.2, 0.25) is 0 Å². The zero-order chi connectivity index (χ0) is 20.0. The van der Waals surface area contributed by atoms with Crippen LogP contribution >= 0.6 is 11.3 Å². The third-order valence-electron chi connectivity index (χ3n) is 5.05. The lowest BCUT2D eigenvalue weighted by Crippen LogP contribution is -2.24. The molecule has 7 nitrogen and oxygen atoms in total. The summed E-state index contributed by atoms with van der Waals surface area (Å²) in [4.78, 5) is 21.3. The normalized spacial score (nSPS) is 15.9. The number of aromatic nitrogens is 4. The minimum absolute atomic E-state index is 0.0276. The number of rotatable bonds is 4. The second-order valence-corrected chi connectivity index (χ2v) is 7.91. The van der Waals surface area contributed by atoms with Crippen LogP contribution in [-0.2, 0) is 4.79 Å². The highest BCUT2D eigenvalue weighted by molar-refractivity contribution is 7.20. The van der Waals surface area contributed by atoms with Crippen LogP contribution < -0.4 is 10.1 Å². The first-order valence-electron chi connectivity index (χ1n) is 9.47. The fourth-order valence-corrected chi connectivity index (χ4v) is 4.76. The maximum absolute atomic E-state index is 12.5. The predicted octanol–water partition coefficient (Wildman–Crippen LogP) is 4.06. The van der Waals surface area contributed by atoms with Gasteiger partial charge in [-0.1, -0.05) is 11.3 Å². The average Bonchev–Trinajstić information content (AvgIpc) is 3.29. The summed E-state index contributed by atoms with van der Waals surface area (Å²) in [6.07, 6.45) is 3.90. The molecule has 4 heterocycles. The number of hydrogen-bond acceptors (Lipinski definition) is 6. The average molecular weight is 405 g/mol. The number of thiazole rings is 1. The highest BCUT2D eigenvalue weighted by atomic mass is 32.1. The third-order valence-corrected chi connectivity index (χ3v) is 6.05. The number of ether oxygens (including phenoxy) is 1. The first-order chi connectivity index (χ1) is 14.1. The lowest BCUT2D eigenvalue weighted by Gasteiger charge is -2.23. The highest BCUT2D eigenvalue weighted by Gasteiger charge is 2.33. The summed E-state index contributed by atoms with van der Waals surface area (Å²) >= 11 is 1.52. The molecule has 1 aromatic carbocycles. The molecule has 1 aliphatic rings. The van der Waals surface area contributed by atoms with Gasteiger partial charge < -0.3 is 10.1 Å². The molecule has 0 saturated heterocycles. The number of carbonyl (C=O) groups excluding carboxylic acids is 1. The Hall–Kier alpha value is -3.26. The van der Waals surface area contributed by atoms with Gasteiger partial charge >= 0.3 is 0 Å². The fourth-order valence-electron chi connectivity index (χ4n) is 3.81. The molecular weight excluding hydrogens is 386 g/mol. The van der Waals surface area contributed by atoms with Crippen LogP contribution in [0.15, 0.2) is 42.7 Å². The summed E-state index contributed by atoms with van der Waals surface area (Å²) < 4.78 is 8.36. The highest BCUT2D eigenvalue weighted by Crippen LogP contribution is 2.41. The molecule has 146 valence electrons. The zero-order valence-electron chi connectivity index (χ0n) is 16.0. The van der Waals surface area contributed by atoms with Gasteiger partial charge in [0.25, 0.3) is 0 Å². The van der Waals surface area contributed by atoms with E-state index in [1.165, 1.54) is 11.3 Å². The summed E-state index contributed by atoms with van der Waals surface area (Å²) in [5.41, 5.74) is 3.86. The van der Waals surface area contributed by atoms with Crippen LogP contribution in [0.1, 0.15) is 36.1 Å². The molecule has 5 rings (SSSR count). The summed E-state index contributed by atoms with van der Waals surface area (Å²) in [5.74, 6) is 1.44. The summed E-state index contributed by atoms with van der Waals surface area (Å²) in [5, 5.41) is 8.46. The van der Waals surface area contributed by atoms with Crippen molar-refractivity contribution in [2.45, 2.75) is 26.2 Å². The van der Waals surface area contributed by atoms with Gasteiger partial charge in [-0.2, -0.15) is 9.78 Å². The monoisotopic (exact) mass is 405 g/mol. The third kappa shape index (κ3) is 3.05. The molecule has 1 atom stereocenters. The van der Waals surface area contributed by atoms with E-state index < -0.39 is 0 Å². The largest absolute Gasteiger partial charge is 0.494 e. The van der Waals surface area contributed by atoms with Crippen LogP contribution in [0.3, 0.4) is 0 Å². The quantitative estimate of drug-likeness (QED) is 0.554. The summed E-state index contributed by atoms with van der Waals surface area (Å²) in [6.45, 7) is 4.55. The molecule has 0 aliphatic carbocycles. The molecule has 0 radical (unpaired) electrons. The van der Waals surface area contributed by atoms with E-state index in [9.17, 15) is 4.79 Å². The number of amides is 1. The van der Waals surface area contributed by atoms with Crippen molar-refractivity contribution in [2.24, 2.45) is 0 Å². The van der Waals surface area contributed by atoms with Crippen molar-refractivity contribution in [3.63, 3.8) is 0 Å². The van der Waals surface area contributed by atoms with Crippen LogP contribution in [0, 0.1) is 6.92 Å². The van der Waals surface area contributed by atoms with Gasteiger partial charge in [-0.3, -0.25) is 9.78 Å². The van der Waals surface area contributed by atoms with Crippen molar-refractivity contribution < 1.29 is 9.53 Å². The predicted molar refractivity (Wildman–Crippen MR) is 112 cm³/mol. The van der Waals surface area contributed by atoms with E-state index in [0.29, 0.717) is 24.0 Å². The number of hydrogen-bond donors (Lipinski definition) is 1. The van der Waals surface area contributed by atoms with E-state index in [2.05, 4.69) is 10.3 Å². The second kappa shape index (κ2) is 6.97. The SMILES string of the molecule is CCOc1ccc2nc(-n3nc(C)c4c3NC(=O)C[C@H]4c3ccncc3)sc2c1. The van der Waals surface area contributed by atoms with Crippen molar-refractivity contribution in [3.05, 3.63) is 59.5 Å². The first-order valence-corrected chi connectivity index (χ1v) is 10.3. The van der Waals surface area contributed by atoms with Gasteiger partial charge in [0.2, 0.25) is 11.0 Å². The van der Waals surface area contributed by atoms with E-state index in [0.717, 1.165) is 32.8 Å². The Balaban J connectivity index is 1.63. The maximum Gasteiger partial charge on any atom is 0.226 e. The number of anilines is 1. The minimum atomic E-state index is -0.0468. The molecule has 0 fully saturated rings. The van der Waals surface area contributed by atoms with Crippen molar-refractivity contribution in [3.8, 4) is 10.9 Å². The number of aryl methyl sites for hydroxylation is 1. The molecule has 0 saturated carbocycles. The molecular formula is C21H19N5O2S. The molecule has 3 aromatic heterocycles. The molecule has 0 unspecified atom stereocenters. The van der Waals surface area contributed by atoms with Gasteiger partial charge in [0.1, 0.15) is 11.6 Å². The van der Waals surface area contributed by atoms with E-state index in [1.54, 1.807) is 17.1 Å². The second-order valence-electron chi connectivity index (χ2n) is 6.90. The Labute approximate surface area is 171 Å². The van der Waals surface area contributed by atoms with Crippen molar-refractivity contribution in [1.29, 1.82) is 0 Å². The molecule has 4 aromatic rings. The van der Waals surface area contributed by atoms with Crippen LogP contribution in [0.25, 0.3) is 15.3 Å². The molecule has 8 heteroatoms.